The first kappa shape index (κ1) is 30.3. The van der Waals surface area contributed by atoms with Crippen molar-refractivity contribution in [3.05, 3.63) is 188 Å². The third-order valence-corrected chi connectivity index (χ3v) is 10.4. The summed E-state index contributed by atoms with van der Waals surface area (Å²) in [7, 11) is 0. The zero-order chi connectivity index (χ0) is 35.6. The van der Waals surface area contributed by atoms with Gasteiger partial charge in [-0.15, -0.1) is 0 Å². The van der Waals surface area contributed by atoms with Gasteiger partial charge in [0.25, 0.3) is 0 Å². The molecule has 5 nitrogen and oxygen atoms in total. The Labute approximate surface area is 310 Å². The molecule has 3 heterocycles. The number of para-hydroxylation sites is 3. The van der Waals surface area contributed by atoms with E-state index in [0.29, 0.717) is 5.89 Å². The van der Waals surface area contributed by atoms with Crippen LogP contribution in [0.4, 0.5) is 17.1 Å². The lowest BCUT2D eigenvalue weighted by atomic mass is 10.0. The molecule has 0 radical (unpaired) electrons. The second kappa shape index (κ2) is 12.1. The summed E-state index contributed by atoms with van der Waals surface area (Å²) >= 11 is 0. The number of hydrogen-bond acceptors (Lipinski definition) is 4. The molecule has 3 aromatic heterocycles. The fraction of sp³-hybridized carbons (Fsp3) is 0. The molecule has 254 valence electrons. The number of benzene rings is 8. The molecule has 11 rings (SSSR count). The highest BCUT2D eigenvalue weighted by Gasteiger charge is 2.18. The lowest BCUT2D eigenvalue weighted by molar-refractivity contribution is 0.620. The number of furan rings is 1. The summed E-state index contributed by atoms with van der Waals surface area (Å²) in [5.74, 6) is 0.607. The van der Waals surface area contributed by atoms with Crippen LogP contribution in [0.5, 0.6) is 0 Å². The monoisotopic (exact) mass is 693 g/mol. The zero-order valence-corrected chi connectivity index (χ0v) is 29.1. The normalized spacial score (nSPS) is 11.7. The second-order valence-electron chi connectivity index (χ2n) is 13.6. The van der Waals surface area contributed by atoms with Crippen molar-refractivity contribution in [3.8, 4) is 28.3 Å². The van der Waals surface area contributed by atoms with E-state index in [-0.39, 0.29) is 0 Å². The molecule has 0 amide bonds. The van der Waals surface area contributed by atoms with Crippen molar-refractivity contribution in [2.45, 2.75) is 0 Å². The highest BCUT2D eigenvalue weighted by molar-refractivity contribution is 6.11. The van der Waals surface area contributed by atoms with Gasteiger partial charge in [-0.3, -0.25) is 0 Å². The Hall–Kier alpha value is -7.37. The second-order valence-corrected chi connectivity index (χ2v) is 13.6. The van der Waals surface area contributed by atoms with Gasteiger partial charge in [0.15, 0.2) is 5.58 Å². The summed E-state index contributed by atoms with van der Waals surface area (Å²) in [6, 6.07) is 65.8. The molecule has 0 unspecified atom stereocenters. The Morgan fingerprint density at radius 3 is 1.85 bits per heavy atom. The Kier molecular flexibility index (Phi) is 6.79. The molecular weight excluding hydrogens is 663 g/mol. The van der Waals surface area contributed by atoms with Crippen LogP contribution in [-0.2, 0) is 0 Å². The Morgan fingerprint density at radius 1 is 0.389 bits per heavy atom. The van der Waals surface area contributed by atoms with Crippen LogP contribution >= 0.6 is 0 Å². The summed E-state index contributed by atoms with van der Waals surface area (Å²) in [6.07, 6.45) is 0. The Morgan fingerprint density at radius 2 is 1.04 bits per heavy atom. The summed E-state index contributed by atoms with van der Waals surface area (Å²) in [5, 5.41) is 4.50. The van der Waals surface area contributed by atoms with Crippen molar-refractivity contribution in [1.82, 2.24) is 9.55 Å². The van der Waals surface area contributed by atoms with Gasteiger partial charge in [-0.05, 0) is 102 Å². The number of anilines is 3. The zero-order valence-electron chi connectivity index (χ0n) is 29.1. The van der Waals surface area contributed by atoms with Gasteiger partial charge in [0, 0.05) is 55.9 Å². The van der Waals surface area contributed by atoms with Crippen molar-refractivity contribution in [3.63, 3.8) is 0 Å². The fourth-order valence-electron chi connectivity index (χ4n) is 7.86. The van der Waals surface area contributed by atoms with E-state index in [1.807, 2.05) is 42.5 Å². The van der Waals surface area contributed by atoms with Crippen LogP contribution in [0.2, 0.25) is 0 Å². The SMILES string of the molecule is c1ccc(-c2nc3cc4oc5cc(-c6ccc(N(c7ccccc7)c7ccc8c(c7)c7ccccc7n8-c7ccccc7)cc6)ccc5c4cc3o2)cc1. The number of oxazole rings is 1. The average Bonchev–Trinajstić information content (AvgIpc) is 3.92. The predicted molar refractivity (Wildman–Crippen MR) is 221 cm³/mol. The predicted octanol–water partition coefficient (Wildman–Crippen LogP) is 13.6. The molecule has 0 aliphatic carbocycles. The highest BCUT2D eigenvalue weighted by Crippen LogP contribution is 2.41. The van der Waals surface area contributed by atoms with Crippen molar-refractivity contribution < 1.29 is 8.83 Å². The third-order valence-electron chi connectivity index (χ3n) is 10.4. The maximum atomic E-state index is 6.42. The molecular formula is C49H31N3O2. The van der Waals surface area contributed by atoms with Gasteiger partial charge >= 0.3 is 0 Å². The van der Waals surface area contributed by atoms with Gasteiger partial charge in [-0.25, -0.2) is 4.98 Å². The molecule has 0 atom stereocenters. The highest BCUT2D eigenvalue weighted by atomic mass is 16.4. The minimum atomic E-state index is 0.607. The lowest BCUT2D eigenvalue weighted by Crippen LogP contribution is -2.09. The fourth-order valence-corrected chi connectivity index (χ4v) is 7.86. The molecule has 0 aliphatic rings. The van der Waals surface area contributed by atoms with Crippen LogP contribution in [0.3, 0.4) is 0 Å². The molecule has 0 N–H and O–H groups in total. The summed E-state index contributed by atoms with van der Waals surface area (Å²) in [5.41, 5.74) is 13.1. The Bertz CT molecular complexity index is 3140. The summed E-state index contributed by atoms with van der Waals surface area (Å²) in [6.45, 7) is 0. The molecule has 5 heteroatoms. The Balaban J connectivity index is 0.969. The van der Waals surface area contributed by atoms with E-state index in [4.69, 9.17) is 13.8 Å². The number of nitrogens with zero attached hydrogens (tertiary/aromatic N) is 3. The lowest BCUT2D eigenvalue weighted by Gasteiger charge is -2.26. The molecule has 0 bridgehead atoms. The van der Waals surface area contributed by atoms with Crippen LogP contribution in [0.25, 0.3) is 83.1 Å². The van der Waals surface area contributed by atoms with E-state index >= 15 is 0 Å². The van der Waals surface area contributed by atoms with Gasteiger partial charge in [0.2, 0.25) is 5.89 Å². The maximum absolute atomic E-state index is 6.42. The van der Waals surface area contributed by atoms with Crippen LogP contribution in [0.1, 0.15) is 0 Å². The van der Waals surface area contributed by atoms with Crippen LogP contribution in [0, 0.1) is 0 Å². The quantitative estimate of drug-likeness (QED) is 0.174. The van der Waals surface area contributed by atoms with Crippen molar-refractivity contribution >= 4 is 71.9 Å². The van der Waals surface area contributed by atoms with Crippen molar-refractivity contribution in [2.75, 3.05) is 4.90 Å². The summed E-state index contributed by atoms with van der Waals surface area (Å²) < 4.78 is 14.9. The molecule has 0 spiro atoms. The smallest absolute Gasteiger partial charge is 0.227 e. The average molecular weight is 694 g/mol. The topological polar surface area (TPSA) is 47.3 Å². The first-order valence-corrected chi connectivity index (χ1v) is 18.1. The molecule has 8 aromatic carbocycles. The van der Waals surface area contributed by atoms with E-state index < -0.39 is 0 Å². The van der Waals surface area contributed by atoms with Crippen molar-refractivity contribution in [2.24, 2.45) is 0 Å². The van der Waals surface area contributed by atoms with Crippen molar-refractivity contribution in [1.29, 1.82) is 0 Å². The molecule has 0 fully saturated rings. The van der Waals surface area contributed by atoms with E-state index in [1.54, 1.807) is 0 Å². The number of aromatic nitrogens is 2. The summed E-state index contributed by atoms with van der Waals surface area (Å²) in [4.78, 5) is 7.07. The maximum Gasteiger partial charge on any atom is 0.227 e. The van der Waals surface area contributed by atoms with Gasteiger partial charge in [-0.2, -0.15) is 0 Å². The van der Waals surface area contributed by atoms with E-state index in [9.17, 15) is 0 Å². The largest absolute Gasteiger partial charge is 0.456 e. The molecule has 0 aliphatic heterocycles. The number of fused-ring (bicyclic) bond motifs is 7. The van der Waals surface area contributed by atoms with Gasteiger partial charge in [0.1, 0.15) is 16.7 Å². The minimum absolute atomic E-state index is 0.607. The van der Waals surface area contributed by atoms with E-state index in [0.717, 1.165) is 72.5 Å². The van der Waals surface area contributed by atoms with E-state index in [1.165, 1.54) is 21.8 Å². The molecule has 0 saturated carbocycles. The third kappa shape index (κ3) is 4.90. The standard InChI is InChI=1S/C49H31N3O2/c1-4-12-33(13-5-1)49-50-43-31-47-42(30-48(43)54-49)40-26-22-34(28-46(40)53-47)32-20-23-37(24-21-32)51(35-14-6-2-7-15-35)38-25-27-45-41(29-38)39-18-10-11-19-44(39)52(45)36-16-8-3-9-17-36/h1-31H. The van der Waals surface area contributed by atoms with Crippen LogP contribution < -0.4 is 4.90 Å². The van der Waals surface area contributed by atoms with Gasteiger partial charge in [0.05, 0.1) is 11.0 Å². The first-order chi connectivity index (χ1) is 26.7. The molecule has 0 saturated heterocycles. The van der Waals surface area contributed by atoms with Gasteiger partial charge < -0.3 is 18.3 Å². The minimum Gasteiger partial charge on any atom is -0.456 e. The van der Waals surface area contributed by atoms with E-state index in [2.05, 4.69) is 155 Å². The number of hydrogen-bond donors (Lipinski definition) is 0. The molecule has 54 heavy (non-hydrogen) atoms. The molecule has 11 aromatic rings. The van der Waals surface area contributed by atoms with Crippen LogP contribution in [-0.4, -0.2) is 9.55 Å². The first-order valence-electron chi connectivity index (χ1n) is 18.1. The van der Waals surface area contributed by atoms with Crippen LogP contribution in [0.15, 0.2) is 197 Å². The van der Waals surface area contributed by atoms with Gasteiger partial charge in [-0.1, -0.05) is 91.0 Å². The number of rotatable bonds is 6.